The molecule has 3 N–H and O–H groups in total. The Morgan fingerprint density at radius 1 is 1.37 bits per heavy atom. The van der Waals surface area contributed by atoms with E-state index in [1.165, 1.54) is 12.1 Å². The summed E-state index contributed by atoms with van der Waals surface area (Å²) in [5.74, 6) is -2.01. The second-order valence-electron chi connectivity index (χ2n) is 3.35. The topological polar surface area (TPSA) is 122 Å². The van der Waals surface area contributed by atoms with E-state index in [0.29, 0.717) is 0 Å². The number of rotatable bonds is 4. The molecule has 0 unspecified atom stereocenters. The van der Waals surface area contributed by atoms with Crippen LogP contribution in [0.2, 0.25) is 5.02 Å². The molecule has 0 bridgehead atoms. The molecule has 0 fully saturated rings. The first-order valence-electron chi connectivity index (χ1n) is 5.09. The van der Waals surface area contributed by atoms with Gasteiger partial charge in [-0.05, 0) is 6.07 Å². The van der Waals surface area contributed by atoms with Crippen molar-refractivity contribution in [3.05, 3.63) is 33.3 Å². The van der Waals surface area contributed by atoms with Crippen molar-refractivity contribution in [3.8, 4) is 0 Å². The molecule has 0 atom stereocenters. The fraction of sp³-hybridized carbons (Fsp3) is 0.200. The van der Waals surface area contributed by atoms with Gasteiger partial charge in [-0.3, -0.25) is 19.7 Å². The lowest BCUT2D eigenvalue weighted by atomic mass is 10.2. The third kappa shape index (κ3) is 4.19. The first kappa shape index (κ1) is 14.9. The van der Waals surface area contributed by atoms with E-state index in [1.54, 1.807) is 0 Å². The summed E-state index contributed by atoms with van der Waals surface area (Å²) >= 11 is 5.74. The lowest BCUT2D eigenvalue weighted by Crippen LogP contribution is -2.36. The Hall–Kier alpha value is -2.19. The Morgan fingerprint density at radius 2 is 2.05 bits per heavy atom. The van der Waals surface area contributed by atoms with Crippen LogP contribution in [0.25, 0.3) is 0 Å². The van der Waals surface area contributed by atoms with E-state index >= 15 is 0 Å². The van der Waals surface area contributed by atoms with Gasteiger partial charge in [0, 0.05) is 18.7 Å². The fourth-order valence-electron chi connectivity index (χ4n) is 1.15. The molecule has 0 aromatic heterocycles. The molecule has 9 heteroatoms. The number of nitrogens with zero attached hydrogens (tertiary/aromatic N) is 1. The number of nitro benzene ring substituents is 1. The summed E-state index contributed by atoms with van der Waals surface area (Å²) in [4.78, 5) is 32.6. The van der Waals surface area contributed by atoms with Gasteiger partial charge in [-0.2, -0.15) is 0 Å². The third-order valence-electron chi connectivity index (χ3n) is 2.01. The molecular formula is C10H10ClN3O5. The summed E-state index contributed by atoms with van der Waals surface area (Å²) < 4.78 is 0. The Bertz CT molecular complexity index is 520. The fourth-order valence-corrected chi connectivity index (χ4v) is 1.32. The molecule has 0 heterocycles. The molecule has 0 aliphatic carbocycles. The van der Waals surface area contributed by atoms with E-state index in [0.717, 1.165) is 6.07 Å². The second-order valence-corrected chi connectivity index (χ2v) is 3.76. The van der Waals surface area contributed by atoms with Crippen LogP contribution < -0.4 is 10.6 Å². The van der Waals surface area contributed by atoms with Crippen LogP contribution in [0, 0.1) is 10.1 Å². The zero-order valence-corrected chi connectivity index (χ0v) is 10.3. The minimum atomic E-state index is -1.03. The van der Waals surface area contributed by atoms with Crippen molar-refractivity contribution in [1.82, 2.24) is 5.32 Å². The Balaban J connectivity index is 2.81. The van der Waals surface area contributed by atoms with Crippen molar-refractivity contribution in [2.75, 3.05) is 18.5 Å². The van der Waals surface area contributed by atoms with E-state index in [2.05, 4.69) is 10.6 Å². The van der Waals surface area contributed by atoms with Gasteiger partial charge in [0.05, 0.1) is 22.2 Å². The van der Waals surface area contributed by atoms with Crippen LogP contribution in [0.5, 0.6) is 0 Å². The number of nitrogens with one attached hydrogen (secondary N) is 2. The third-order valence-corrected chi connectivity index (χ3v) is 2.34. The number of nitro groups is 1. The highest BCUT2D eigenvalue weighted by Crippen LogP contribution is 2.26. The van der Waals surface area contributed by atoms with Crippen molar-refractivity contribution in [2.45, 2.75) is 0 Å². The van der Waals surface area contributed by atoms with Gasteiger partial charge >= 0.3 is 11.8 Å². The highest BCUT2D eigenvalue weighted by molar-refractivity contribution is 6.41. The standard InChI is InChI=1S/C10H10ClN3O5/c11-7-2-1-6(14(18)19)5-8(7)13-10(17)9(16)12-3-4-15/h1-2,5,15H,3-4H2,(H,12,16)(H,13,17). The smallest absolute Gasteiger partial charge is 0.313 e. The Morgan fingerprint density at radius 3 is 2.63 bits per heavy atom. The molecule has 1 aromatic carbocycles. The number of anilines is 1. The number of carbonyl (C=O) groups excluding carboxylic acids is 2. The number of aliphatic hydroxyl groups is 1. The highest BCUT2D eigenvalue weighted by atomic mass is 35.5. The molecule has 19 heavy (non-hydrogen) atoms. The SMILES string of the molecule is O=C(NCCO)C(=O)Nc1cc([N+](=O)[O-])ccc1Cl. The van der Waals surface area contributed by atoms with Crippen molar-refractivity contribution >= 4 is 34.8 Å². The van der Waals surface area contributed by atoms with Crippen LogP contribution in [-0.4, -0.2) is 35.0 Å². The molecule has 102 valence electrons. The molecule has 0 saturated carbocycles. The highest BCUT2D eigenvalue weighted by Gasteiger charge is 2.16. The van der Waals surface area contributed by atoms with Crippen LogP contribution in [0.3, 0.4) is 0 Å². The maximum atomic E-state index is 11.4. The van der Waals surface area contributed by atoms with Crippen molar-refractivity contribution in [2.24, 2.45) is 0 Å². The predicted molar refractivity (Wildman–Crippen MR) is 66.8 cm³/mol. The van der Waals surface area contributed by atoms with Crippen LogP contribution in [-0.2, 0) is 9.59 Å². The van der Waals surface area contributed by atoms with Gasteiger partial charge in [0.25, 0.3) is 5.69 Å². The molecule has 8 nitrogen and oxygen atoms in total. The molecule has 1 rings (SSSR count). The van der Waals surface area contributed by atoms with E-state index < -0.39 is 16.7 Å². The number of hydrogen-bond donors (Lipinski definition) is 3. The molecule has 0 aliphatic heterocycles. The molecule has 0 radical (unpaired) electrons. The van der Waals surface area contributed by atoms with Crippen LogP contribution in [0.15, 0.2) is 18.2 Å². The van der Waals surface area contributed by atoms with E-state index in [9.17, 15) is 19.7 Å². The predicted octanol–water partition coefficient (Wildman–Crippen LogP) is 0.295. The van der Waals surface area contributed by atoms with Gasteiger partial charge in [-0.15, -0.1) is 0 Å². The Labute approximate surface area is 112 Å². The minimum Gasteiger partial charge on any atom is -0.395 e. The lowest BCUT2D eigenvalue weighted by molar-refractivity contribution is -0.384. The lowest BCUT2D eigenvalue weighted by Gasteiger charge is -2.07. The summed E-state index contributed by atoms with van der Waals surface area (Å²) in [6.45, 7) is -0.383. The van der Waals surface area contributed by atoms with Crippen molar-refractivity contribution in [1.29, 1.82) is 0 Å². The molecule has 2 amide bonds. The Kier molecular flexibility index (Phi) is 5.22. The van der Waals surface area contributed by atoms with Gasteiger partial charge < -0.3 is 15.7 Å². The van der Waals surface area contributed by atoms with Crippen LogP contribution in [0.4, 0.5) is 11.4 Å². The van der Waals surface area contributed by atoms with Gasteiger partial charge in [0.2, 0.25) is 0 Å². The normalized spacial score (nSPS) is 9.79. The van der Waals surface area contributed by atoms with Gasteiger partial charge in [0.15, 0.2) is 0 Å². The maximum absolute atomic E-state index is 11.4. The molecule has 1 aromatic rings. The average molecular weight is 288 g/mol. The van der Waals surface area contributed by atoms with E-state index in [4.69, 9.17) is 16.7 Å². The summed E-state index contributed by atoms with van der Waals surface area (Å²) in [5, 5.41) is 23.4. The average Bonchev–Trinajstić information content (AvgIpc) is 2.38. The molecular weight excluding hydrogens is 278 g/mol. The number of amides is 2. The van der Waals surface area contributed by atoms with Crippen LogP contribution >= 0.6 is 11.6 Å². The largest absolute Gasteiger partial charge is 0.395 e. The quantitative estimate of drug-likeness (QED) is 0.417. The number of aliphatic hydroxyl groups excluding tert-OH is 1. The minimum absolute atomic E-state index is 0.0417. The zero-order valence-electron chi connectivity index (χ0n) is 9.55. The number of halogens is 1. The van der Waals surface area contributed by atoms with Gasteiger partial charge in [-0.1, -0.05) is 11.6 Å². The number of benzene rings is 1. The van der Waals surface area contributed by atoms with E-state index in [-0.39, 0.29) is 29.5 Å². The molecule has 0 saturated heterocycles. The van der Waals surface area contributed by atoms with Crippen LogP contribution in [0.1, 0.15) is 0 Å². The number of non-ortho nitro benzene ring substituents is 1. The summed E-state index contributed by atoms with van der Waals surface area (Å²) in [6.07, 6.45) is 0. The zero-order chi connectivity index (χ0) is 14.4. The van der Waals surface area contributed by atoms with E-state index in [1.807, 2.05) is 0 Å². The first-order chi connectivity index (χ1) is 8.95. The van der Waals surface area contributed by atoms with Gasteiger partial charge in [-0.25, -0.2) is 0 Å². The molecule has 0 spiro atoms. The monoisotopic (exact) mass is 287 g/mol. The first-order valence-corrected chi connectivity index (χ1v) is 5.47. The number of carbonyl (C=O) groups is 2. The maximum Gasteiger partial charge on any atom is 0.313 e. The van der Waals surface area contributed by atoms with Gasteiger partial charge in [0.1, 0.15) is 0 Å². The number of hydrogen-bond acceptors (Lipinski definition) is 5. The summed E-state index contributed by atoms with van der Waals surface area (Å²) in [6, 6.07) is 3.45. The van der Waals surface area contributed by atoms with Crippen molar-refractivity contribution < 1.29 is 19.6 Å². The summed E-state index contributed by atoms with van der Waals surface area (Å²) in [7, 11) is 0. The summed E-state index contributed by atoms with van der Waals surface area (Å²) in [5.41, 5.74) is -0.310. The second kappa shape index (κ2) is 6.66. The molecule has 0 aliphatic rings. The van der Waals surface area contributed by atoms with Crippen molar-refractivity contribution in [3.63, 3.8) is 0 Å².